The van der Waals surface area contributed by atoms with Crippen LogP contribution in [0.15, 0.2) is 89.4 Å². The number of nitrogens with zero attached hydrogens (tertiary/aromatic N) is 3. The van der Waals surface area contributed by atoms with E-state index in [2.05, 4.69) is 40.2 Å². The summed E-state index contributed by atoms with van der Waals surface area (Å²) in [6.45, 7) is 4.49. The predicted molar refractivity (Wildman–Crippen MR) is 147 cm³/mol. The van der Waals surface area contributed by atoms with Crippen LogP contribution in [0.1, 0.15) is 30.6 Å². The van der Waals surface area contributed by atoms with Crippen LogP contribution >= 0.6 is 15.9 Å². The molecule has 0 aliphatic rings. The van der Waals surface area contributed by atoms with Crippen LogP contribution in [-0.4, -0.2) is 39.6 Å². The first-order valence-electron chi connectivity index (χ1n) is 12.1. The Labute approximate surface area is 224 Å². The maximum atomic E-state index is 13.6. The van der Waals surface area contributed by atoms with Crippen LogP contribution < -0.4 is 5.32 Å². The van der Waals surface area contributed by atoms with Crippen LogP contribution in [0.3, 0.4) is 0 Å². The lowest BCUT2D eigenvalue weighted by atomic mass is 10.1. The van der Waals surface area contributed by atoms with Crippen molar-refractivity contribution in [3.8, 4) is 16.9 Å². The van der Waals surface area contributed by atoms with Crippen LogP contribution in [0.2, 0.25) is 0 Å². The average Bonchev–Trinajstić information content (AvgIpc) is 3.31. The number of aromatic nitrogens is 2. The number of nitrogens with one attached hydrogen (secondary N) is 1. The monoisotopic (exact) mass is 562 g/mol. The number of amides is 2. The Morgan fingerprint density at radius 3 is 2.32 bits per heavy atom. The van der Waals surface area contributed by atoms with Gasteiger partial charge in [0.2, 0.25) is 5.91 Å². The second kappa shape index (κ2) is 12.0. The number of hydrogen-bond donors (Lipinski definition) is 1. The van der Waals surface area contributed by atoms with Crippen LogP contribution in [0.5, 0.6) is 0 Å². The van der Waals surface area contributed by atoms with Gasteiger partial charge in [-0.1, -0.05) is 60.1 Å². The minimum absolute atomic E-state index is 0.114. The van der Waals surface area contributed by atoms with Crippen molar-refractivity contribution in [2.45, 2.75) is 20.3 Å². The quantitative estimate of drug-likeness (QED) is 0.251. The van der Waals surface area contributed by atoms with Crippen molar-refractivity contribution in [1.82, 2.24) is 14.7 Å². The first-order valence-corrected chi connectivity index (χ1v) is 12.9. The molecule has 8 heteroatoms. The molecule has 1 heterocycles. The molecule has 0 aliphatic heterocycles. The van der Waals surface area contributed by atoms with Gasteiger partial charge < -0.3 is 10.2 Å². The van der Waals surface area contributed by atoms with Crippen molar-refractivity contribution in [1.29, 1.82) is 0 Å². The minimum Gasteiger partial charge on any atom is -0.329 e. The van der Waals surface area contributed by atoms with Gasteiger partial charge in [-0.15, -0.1) is 0 Å². The standard InChI is InChI=1S/C29H28BrFN4O2/c1-20(2)16-17-34(29(37)22-8-10-23(30)11-9-22)19-28(36)32-27-18-26(21-6-4-3-5-7-21)33-35(27)25-14-12-24(31)13-15-25/h3-15,18,20H,16-17,19H2,1-2H3,(H,32,36). The molecule has 1 aromatic heterocycles. The van der Waals surface area contributed by atoms with E-state index < -0.39 is 0 Å². The smallest absolute Gasteiger partial charge is 0.254 e. The summed E-state index contributed by atoms with van der Waals surface area (Å²) in [5.74, 6) is -0.124. The highest BCUT2D eigenvalue weighted by Gasteiger charge is 2.21. The molecule has 3 aromatic carbocycles. The van der Waals surface area contributed by atoms with E-state index >= 15 is 0 Å². The van der Waals surface area contributed by atoms with Gasteiger partial charge in [-0.3, -0.25) is 9.59 Å². The molecular weight excluding hydrogens is 535 g/mol. The van der Waals surface area contributed by atoms with Gasteiger partial charge in [0.15, 0.2) is 0 Å². The molecule has 0 spiro atoms. The van der Waals surface area contributed by atoms with Gasteiger partial charge in [0.05, 0.1) is 11.4 Å². The summed E-state index contributed by atoms with van der Waals surface area (Å²) in [6, 6.07) is 24.3. The van der Waals surface area contributed by atoms with Gasteiger partial charge in [0.1, 0.15) is 18.2 Å². The predicted octanol–water partition coefficient (Wildman–Crippen LogP) is 6.57. The third-order valence-electron chi connectivity index (χ3n) is 5.81. The number of carbonyl (C=O) groups is 2. The number of anilines is 1. The first-order chi connectivity index (χ1) is 17.8. The number of benzene rings is 3. The highest BCUT2D eigenvalue weighted by molar-refractivity contribution is 9.10. The molecular formula is C29H28BrFN4O2. The molecule has 0 saturated heterocycles. The molecule has 0 radical (unpaired) electrons. The van der Waals surface area contributed by atoms with Gasteiger partial charge in [0, 0.05) is 28.2 Å². The zero-order valence-corrected chi connectivity index (χ0v) is 22.3. The molecule has 0 bridgehead atoms. The zero-order valence-electron chi connectivity index (χ0n) is 20.7. The number of rotatable bonds is 9. The molecule has 0 unspecified atom stereocenters. The van der Waals surface area contributed by atoms with Gasteiger partial charge in [0.25, 0.3) is 5.91 Å². The number of hydrogen-bond acceptors (Lipinski definition) is 3. The van der Waals surface area contributed by atoms with Crippen molar-refractivity contribution in [3.63, 3.8) is 0 Å². The highest BCUT2D eigenvalue weighted by Crippen LogP contribution is 2.25. The molecule has 0 aliphatic carbocycles. The SMILES string of the molecule is CC(C)CCN(CC(=O)Nc1cc(-c2ccccc2)nn1-c1ccc(F)cc1)C(=O)c1ccc(Br)cc1. The summed E-state index contributed by atoms with van der Waals surface area (Å²) in [5, 5.41) is 7.57. The van der Waals surface area contributed by atoms with E-state index in [1.807, 2.05) is 30.3 Å². The number of halogens is 2. The van der Waals surface area contributed by atoms with Crippen molar-refractivity contribution in [3.05, 3.63) is 101 Å². The zero-order chi connectivity index (χ0) is 26.4. The summed E-state index contributed by atoms with van der Waals surface area (Å²) in [7, 11) is 0. The van der Waals surface area contributed by atoms with E-state index in [4.69, 9.17) is 0 Å². The van der Waals surface area contributed by atoms with Crippen LogP contribution in [0.25, 0.3) is 16.9 Å². The van der Waals surface area contributed by atoms with E-state index in [9.17, 15) is 14.0 Å². The molecule has 190 valence electrons. The van der Waals surface area contributed by atoms with E-state index in [1.165, 1.54) is 12.1 Å². The van der Waals surface area contributed by atoms with Crippen LogP contribution in [-0.2, 0) is 4.79 Å². The largest absolute Gasteiger partial charge is 0.329 e. The Morgan fingerprint density at radius 1 is 1.00 bits per heavy atom. The summed E-state index contributed by atoms with van der Waals surface area (Å²) >= 11 is 3.39. The van der Waals surface area contributed by atoms with Crippen molar-refractivity contribution >= 4 is 33.6 Å². The fraction of sp³-hybridized carbons (Fsp3) is 0.207. The highest BCUT2D eigenvalue weighted by atomic mass is 79.9. The summed E-state index contributed by atoms with van der Waals surface area (Å²) in [6.07, 6.45) is 0.765. The van der Waals surface area contributed by atoms with Gasteiger partial charge in [-0.2, -0.15) is 5.10 Å². The lowest BCUT2D eigenvalue weighted by molar-refractivity contribution is -0.117. The van der Waals surface area contributed by atoms with Gasteiger partial charge in [-0.25, -0.2) is 9.07 Å². The second-order valence-electron chi connectivity index (χ2n) is 9.13. The van der Waals surface area contributed by atoms with Crippen LogP contribution in [0.4, 0.5) is 10.2 Å². The van der Waals surface area contributed by atoms with E-state index in [1.54, 1.807) is 52.0 Å². The molecule has 1 N–H and O–H groups in total. The Balaban J connectivity index is 1.59. The Morgan fingerprint density at radius 2 is 1.68 bits per heavy atom. The Kier molecular flexibility index (Phi) is 8.50. The molecule has 6 nitrogen and oxygen atoms in total. The lowest BCUT2D eigenvalue weighted by Crippen LogP contribution is -2.39. The third-order valence-corrected chi connectivity index (χ3v) is 6.34. The van der Waals surface area contributed by atoms with E-state index in [-0.39, 0.29) is 24.2 Å². The minimum atomic E-state index is -0.364. The lowest BCUT2D eigenvalue weighted by Gasteiger charge is -2.23. The third kappa shape index (κ3) is 6.92. The molecule has 0 atom stereocenters. The van der Waals surface area contributed by atoms with Crippen LogP contribution in [0, 0.1) is 11.7 Å². The number of carbonyl (C=O) groups excluding carboxylic acids is 2. The molecule has 4 aromatic rings. The second-order valence-corrected chi connectivity index (χ2v) is 10.0. The fourth-order valence-corrected chi connectivity index (χ4v) is 4.06. The molecule has 0 fully saturated rings. The average molecular weight is 563 g/mol. The van der Waals surface area contributed by atoms with Gasteiger partial charge in [-0.05, 0) is 60.9 Å². The normalized spacial score (nSPS) is 10.9. The summed E-state index contributed by atoms with van der Waals surface area (Å²) < 4.78 is 16.0. The maximum absolute atomic E-state index is 13.6. The van der Waals surface area contributed by atoms with Gasteiger partial charge >= 0.3 is 0 Å². The summed E-state index contributed by atoms with van der Waals surface area (Å²) in [5.41, 5.74) is 2.65. The molecule has 0 saturated carbocycles. The Hall–Kier alpha value is -3.78. The fourth-order valence-electron chi connectivity index (χ4n) is 3.80. The first kappa shape index (κ1) is 26.3. The maximum Gasteiger partial charge on any atom is 0.254 e. The Bertz CT molecular complexity index is 1350. The van der Waals surface area contributed by atoms with E-state index in [0.29, 0.717) is 35.2 Å². The molecule has 37 heavy (non-hydrogen) atoms. The van der Waals surface area contributed by atoms with Crippen molar-refractivity contribution in [2.75, 3.05) is 18.4 Å². The molecule has 4 rings (SSSR count). The summed E-state index contributed by atoms with van der Waals surface area (Å²) in [4.78, 5) is 28.0. The molecule has 2 amide bonds. The van der Waals surface area contributed by atoms with E-state index in [0.717, 1.165) is 16.5 Å². The van der Waals surface area contributed by atoms with Crippen molar-refractivity contribution in [2.24, 2.45) is 5.92 Å². The van der Waals surface area contributed by atoms with Crippen molar-refractivity contribution < 1.29 is 14.0 Å². The topological polar surface area (TPSA) is 67.2 Å².